The number of ether oxygens (including phenoxy) is 1. The minimum Gasteiger partial charge on any atom is -0.387 e. The largest absolute Gasteiger partial charge is 0.387 e. The summed E-state index contributed by atoms with van der Waals surface area (Å²) in [5.41, 5.74) is 2.32. The van der Waals surface area contributed by atoms with Crippen LogP contribution in [0.15, 0.2) is 24.3 Å². The maximum Gasteiger partial charge on any atom is 0.0942 e. The molecule has 3 unspecified atom stereocenters. The van der Waals surface area contributed by atoms with Crippen LogP contribution in [-0.4, -0.2) is 41.8 Å². The van der Waals surface area contributed by atoms with Crippen molar-refractivity contribution in [3.05, 3.63) is 35.4 Å². The standard InChI is InChI=1S/C17H27NO2/c1-4-14-6-8-15(9-7-14)17(19)13(3)18-10-11-20-12-16(18)5-2/h6-9,13,16-17,19H,4-5,10-12H2,1-3H3. The number of benzene rings is 1. The summed E-state index contributed by atoms with van der Waals surface area (Å²) in [5, 5.41) is 10.6. The van der Waals surface area contributed by atoms with Crippen LogP contribution in [0, 0.1) is 0 Å². The van der Waals surface area contributed by atoms with Gasteiger partial charge in [-0.2, -0.15) is 0 Å². The van der Waals surface area contributed by atoms with Crippen LogP contribution in [0.3, 0.4) is 0 Å². The summed E-state index contributed by atoms with van der Waals surface area (Å²) in [6.45, 7) is 8.90. The van der Waals surface area contributed by atoms with Crippen LogP contribution >= 0.6 is 0 Å². The molecule has 3 atom stereocenters. The molecule has 1 saturated heterocycles. The van der Waals surface area contributed by atoms with E-state index in [-0.39, 0.29) is 6.04 Å². The molecule has 2 rings (SSSR count). The normalized spacial score (nSPS) is 23.5. The quantitative estimate of drug-likeness (QED) is 0.898. The van der Waals surface area contributed by atoms with Crippen LogP contribution < -0.4 is 0 Å². The first-order valence-electron chi connectivity index (χ1n) is 7.77. The van der Waals surface area contributed by atoms with Gasteiger partial charge in [0.15, 0.2) is 0 Å². The summed E-state index contributed by atoms with van der Waals surface area (Å²) in [6.07, 6.45) is 1.66. The molecule has 0 bridgehead atoms. The van der Waals surface area contributed by atoms with E-state index in [1.807, 2.05) is 0 Å². The smallest absolute Gasteiger partial charge is 0.0942 e. The van der Waals surface area contributed by atoms with Gasteiger partial charge < -0.3 is 9.84 Å². The Morgan fingerprint density at radius 1 is 1.30 bits per heavy atom. The highest BCUT2D eigenvalue weighted by Crippen LogP contribution is 2.25. The third-order valence-electron chi connectivity index (χ3n) is 4.45. The highest BCUT2D eigenvalue weighted by molar-refractivity contribution is 5.25. The van der Waals surface area contributed by atoms with Gasteiger partial charge in [0.05, 0.1) is 19.3 Å². The molecule has 1 aromatic carbocycles. The second kappa shape index (κ2) is 7.21. The lowest BCUT2D eigenvalue weighted by atomic mass is 9.98. The third kappa shape index (κ3) is 3.40. The average molecular weight is 277 g/mol. The summed E-state index contributed by atoms with van der Waals surface area (Å²) in [5.74, 6) is 0. The highest BCUT2D eigenvalue weighted by atomic mass is 16.5. The van der Waals surface area contributed by atoms with Gasteiger partial charge in [-0.1, -0.05) is 38.1 Å². The van der Waals surface area contributed by atoms with Crippen LogP contribution in [-0.2, 0) is 11.2 Å². The molecule has 1 fully saturated rings. The molecule has 112 valence electrons. The zero-order valence-corrected chi connectivity index (χ0v) is 12.9. The van der Waals surface area contributed by atoms with Crippen molar-refractivity contribution in [1.82, 2.24) is 4.90 Å². The molecule has 20 heavy (non-hydrogen) atoms. The van der Waals surface area contributed by atoms with Crippen molar-refractivity contribution in [2.45, 2.75) is 51.8 Å². The summed E-state index contributed by atoms with van der Waals surface area (Å²) in [6, 6.07) is 8.88. The van der Waals surface area contributed by atoms with E-state index < -0.39 is 6.10 Å². The van der Waals surface area contributed by atoms with E-state index in [9.17, 15) is 5.11 Å². The Bertz CT molecular complexity index is 404. The predicted octanol–water partition coefficient (Wildman–Crippen LogP) is 2.78. The number of aliphatic hydroxyl groups is 1. The number of nitrogens with zero attached hydrogens (tertiary/aromatic N) is 1. The number of aryl methyl sites for hydroxylation is 1. The van der Waals surface area contributed by atoms with Gasteiger partial charge >= 0.3 is 0 Å². The van der Waals surface area contributed by atoms with Crippen molar-refractivity contribution in [1.29, 1.82) is 0 Å². The Labute approximate surface area is 122 Å². The average Bonchev–Trinajstić information content (AvgIpc) is 2.53. The fourth-order valence-corrected chi connectivity index (χ4v) is 2.97. The van der Waals surface area contributed by atoms with E-state index in [0.717, 1.165) is 38.2 Å². The van der Waals surface area contributed by atoms with Gasteiger partial charge in [0.1, 0.15) is 0 Å². The summed E-state index contributed by atoms with van der Waals surface area (Å²) in [7, 11) is 0. The Morgan fingerprint density at radius 3 is 2.60 bits per heavy atom. The predicted molar refractivity (Wildman–Crippen MR) is 81.8 cm³/mol. The number of hydrogen-bond donors (Lipinski definition) is 1. The second-order valence-electron chi connectivity index (χ2n) is 5.66. The van der Waals surface area contributed by atoms with Crippen LogP contribution in [0.4, 0.5) is 0 Å². The lowest BCUT2D eigenvalue weighted by Gasteiger charge is -2.41. The van der Waals surface area contributed by atoms with Crippen LogP contribution in [0.5, 0.6) is 0 Å². The van der Waals surface area contributed by atoms with Crippen LogP contribution in [0.25, 0.3) is 0 Å². The third-order valence-corrected chi connectivity index (χ3v) is 4.45. The molecule has 1 heterocycles. The van der Waals surface area contributed by atoms with E-state index in [2.05, 4.69) is 49.9 Å². The van der Waals surface area contributed by atoms with Gasteiger partial charge in [-0.3, -0.25) is 4.90 Å². The topological polar surface area (TPSA) is 32.7 Å². The summed E-state index contributed by atoms with van der Waals surface area (Å²) >= 11 is 0. The van der Waals surface area contributed by atoms with E-state index in [1.54, 1.807) is 0 Å². The minimum atomic E-state index is -0.437. The molecule has 3 nitrogen and oxygen atoms in total. The SMILES string of the molecule is CCc1ccc(C(O)C(C)N2CCOCC2CC)cc1. The van der Waals surface area contributed by atoms with Gasteiger partial charge in [-0.25, -0.2) is 0 Å². The molecule has 0 radical (unpaired) electrons. The molecule has 1 N–H and O–H groups in total. The zero-order valence-electron chi connectivity index (χ0n) is 12.9. The monoisotopic (exact) mass is 277 g/mol. The van der Waals surface area contributed by atoms with E-state index in [4.69, 9.17) is 4.74 Å². The first kappa shape index (κ1) is 15.5. The zero-order chi connectivity index (χ0) is 14.5. The van der Waals surface area contributed by atoms with Gasteiger partial charge in [0.25, 0.3) is 0 Å². The molecule has 1 aliphatic rings. The Hall–Kier alpha value is -0.900. The number of hydrogen-bond acceptors (Lipinski definition) is 3. The number of rotatable bonds is 5. The molecule has 0 amide bonds. The van der Waals surface area contributed by atoms with Crippen LogP contribution in [0.1, 0.15) is 44.4 Å². The molecule has 1 aliphatic heterocycles. The summed E-state index contributed by atoms with van der Waals surface area (Å²) in [4.78, 5) is 2.39. The lowest BCUT2D eigenvalue weighted by molar-refractivity contribution is -0.0557. The first-order valence-corrected chi connectivity index (χ1v) is 7.77. The lowest BCUT2D eigenvalue weighted by Crippen LogP contribution is -2.51. The Kier molecular flexibility index (Phi) is 5.58. The van der Waals surface area contributed by atoms with Gasteiger partial charge in [0.2, 0.25) is 0 Å². The molecular weight excluding hydrogens is 250 g/mol. The Balaban J connectivity index is 2.07. The van der Waals surface area contributed by atoms with Crippen molar-refractivity contribution in [2.24, 2.45) is 0 Å². The molecule has 0 saturated carbocycles. The van der Waals surface area contributed by atoms with E-state index >= 15 is 0 Å². The van der Waals surface area contributed by atoms with Gasteiger partial charge in [-0.05, 0) is 30.9 Å². The van der Waals surface area contributed by atoms with Crippen molar-refractivity contribution in [3.63, 3.8) is 0 Å². The maximum absolute atomic E-state index is 10.6. The van der Waals surface area contributed by atoms with Gasteiger partial charge in [0, 0.05) is 18.6 Å². The van der Waals surface area contributed by atoms with Crippen molar-refractivity contribution >= 4 is 0 Å². The highest BCUT2D eigenvalue weighted by Gasteiger charge is 2.30. The van der Waals surface area contributed by atoms with Crippen molar-refractivity contribution in [3.8, 4) is 0 Å². The number of aliphatic hydroxyl groups excluding tert-OH is 1. The van der Waals surface area contributed by atoms with Crippen molar-refractivity contribution < 1.29 is 9.84 Å². The molecule has 3 heteroatoms. The molecular formula is C17H27NO2. The summed E-state index contributed by atoms with van der Waals surface area (Å²) < 4.78 is 5.55. The van der Waals surface area contributed by atoms with E-state index in [0.29, 0.717) is 6.04 Å². The first-order chi connectivity index (χ1) is 9.67. The number of morpholine rings is 1. The van der Waals surface area contributed by atoms with Gasteiger partial charge in [-0.15, -0.1) is 0 Å². The fraction of sp³-hybridized carbons (Fsp3) is 0.647. The van der Waals surface area contributed by atoms with E-state index in [1.165, 1.54) is 5.56 Å². The molecule has 1 aromatic rings. The molecule has 0 spiro atoms. The maximum atomic E-state index is 10.6. The fourth-order valence-electron chi connectivity index (χ4n) is 2.97. The molecule has 0 aromatic heterocycles. The molecule has 0 aliphatic carbocycles. The Morgan fingerprint density at radius 2 is 2.00 bits per heavy atom. The van der Waals surface area contributed by atoms with Crippen molar-refractivity contribution in [2.75, 3.05) is 19.8 Å². The minimum absolute atomic E-state index is 0.122. The second-order valence-corrected chi connectivity index (χ2v) is 5.66. The van der Waals surface area contributed by atoms with Crippen LogP contribution in [0.2, 0.25) is 0 Å².